The van der Waals surface area contributed by atoms with Gasteiger partial charge in [0.1, 0.15) is 0 Å². The van der Waals surface area contributed by atoms with E-state index in [1.165, 1.54) is 0 Å². The summed E-state index contributed by atoms with van der Waals surface area (Å²) in [7, 11) is 0. The largest absolute Gasteiger partial charge is 0.325 e. The molecule has 0 aliphatic carbocycles. The van der Waals surface area contributed by atoms with Gasteiger partial charge in [-0.25, -0.2) is 0 Å². The van der Waals surface area contributed by atoms with E-state index in [0.717, 1.165) is 26.2 Å². The van der Waals surface area contributed by atoms with Gasteiger partial charge in [-0.15, -0.1) is 0 Å². The summed E-state index contributed by atoms with van der Waals surface area (Å²) >= 11 is 11.9. The maximum Gasteiger partial charge on any atom is 0.225 e. The van der Waals surface area contributed by atoms with Gasteiger partial charge in [0.25, 0.3) is 0 Å². The predicted octanol–water partition coefficient (Wildman–Crippen LogP) is 2.62. The summed E-state index contributed by atoms with van der Waals surface area (Å²) in [6.07, 6.45) is 0.454. The molecule has 2 rings (SSSR count). The van der Waals surface area contributed by atoms with Crippen molar-refractivity contribution >= 4 is 34.8 Å². The fourth-order valence-corrected chi connectivity index (χ4v) is 2.62. The number of hydrogen-bond donors (Lipinski definition) is 2. The number of carbonyl (C=O) groups is 1. The molecule has 1 amide bonds. The molecule has 0 spiro atoms. The van der Waals surface area contributed by atoms with Crippen LogP contribution in [0.2, 0.25) is 10.0 Å². The van der Waals surface area contributed by atoms with Gasteiger partial charge in [-0.2, -0.15) is 0 Å². The summed E-state index contributed by atoms with van der Waals surface area (Å²) < 4.78 is 0. The van der Waals surface area contributed by atoms with Crippen LogP contribution in [-0.2, 0) is 4.79 Å². The van der Waals surface area contributed by atoms with Crippen molar-refractivity contribution in [2.45, 2.75) is 19.4 Å². The highest BCUT2D eigenvalue weighted by molar-refractivity contribution is 6.35. The molecule has 2 N–H and O–H groups in total. The molecule has 110 valence electrons. The lowest BCUT2D eigenvalue weighted by atomic mass is 10.2. The zero-order chi connectivity index (χ0) is 14.5. The number of nitrogens with zero attached hydrogens (tertiary/aromatic N) is 1. The fraction of sp³-hybridized carbons (Fsp3) is 0.500. The van der Waals surface area contributed by atoms with Gasteiger partial charge in [0.15, 0.2) is 0 Å². The minimum Gasteiger partial charge on any atom is -0.325 e. The second kappa shape index (κ2) is 7.27. The SMILES string of the molecule is C[C@H]1CN(CCC(=O)Nc2cc(Cl)ccc2Cl)CCN1. The van der Waals surface area contributed by atoms with Crippen LogP contribution in [-0.4, -0.2) is 43.0 Å². The van der Waals surface area contributed by atoms with E-state index in [4.69, 9.17) is 23.2 Å². The van der Waals surface area contributed by atoms with Crippen LogP contribution in [0.4, 0.5) is 5.69 Å². The van der Waals surface area contributed by atoms with Crippen LogP contribution < -0.4 is 10.6 Å². The van der Waals surface area contributed by atoms with Gasteiger partial charge in [0, 0.05) is 43.7 Å². The van der Waals surface area contributed by atoms with Gasteiger partial charge in [0.2, 0.25) is 5.91 Å². The lowest BCUT2D eigenvalue weighted by molar-refractivity contribution is -0.116. The summed E-state index contributed by atoms with van der Waals surface area (Å²) in [6, 6.07) is 5.52. The van der Waals surface area contributed by atoms with E-state index >= 15 is 0 Å². The molecule has 1 aliphatic rings. The average molecular weight is 316 g/mol. The maximum atomic E-state index is 11.9. The van der Waals surface area contributed by atoms with E-state index in [1.54, 1.807) is 18.2 Å². The smallest absolute Gasteiger partial charge is 0.225 e. The molecule has 1 aromatic rings. The molecule has 1 aliphatic heterocycles. The zero-order valence-corrected chi connectivity index (χ0v) is 13.0. The number of nitrogens with one attached hydrogen (secondary N) is 2. The Kier molecular flexibility index (Phi) is 5.66. The first kappa shape index (κ1) is 15.6. The van der Waals surface area contributed by atoms with E-state index < -0.39 is 0 Å². The Morgan fingerprint density at radius 2 is 2.30 bits per heavy atom. The monoisotopic (exact) mass is 315 g/mol. The van der Waals surface area contributed by atoms with Crippen LogP contribution in [0.25, 0.3) is 0 Å². The van der Waals surface area contributed by atoms with Gasteiger partial charge in [-0.1, -0.05) is 23.2 Å². The summed E-state index contributed by atoms with van der Waals surface area (Å²) in [5, 5.41) is 7.24. The van der Waals surface area contributed by atoms with Gasteiger partial charge >= 0.3 is 0 Å². The van der Waals surface area contributed by atoms with Crippen molar-refractivity contribution in [3.05, 3.63) is 28.2 Å². The number of carbonyl (C=O) groups excluding carboxylic acids is 1. The minimum absolute atomic E-state index is 0.0413. The summed E-state index contributed by atoms with van der Waals surface area (Å²) in [5.74, 6) is -0.0413. The molecule has 0 saturated carbocycles. The third kappa shape index (κ3) is 4.63. The van der Waals surface area contributed by atoms with Crippen LogP contribution in [0.15, 0.2) is 18.2 Å². The predicted molar refractivity (Wildman–Crippen MR) is 83.6 cm³/mol. The van der Waals surface area contributed by atoms with Gasteiger partial charge in [-0.3, -0.25) is 4.79 Å². The Labute approximate surface area is 129 Å². The molecule has 4 nitrogen and oxygen atoms in total. The zero-order valence-electron chi connectivity index (χ0n) is 11.5. The van der Waals surface area contributed by atoms with Crippen LogP contribution in [0.5, 0.6) is 0 Å². The normalized spacial score (nSPS) is 19.9. The first-order valence-electron chi connectivity index (χ1n) is 6.75. The van der Waals surface area contributed by atoms with Crippen molar-refractivity contribution in [1.29, 1.82) is 0 Å². The molecule has 0 aromatic heterocycles. The van der Waals surface area contributed by atoms with Crippen molar-refractivity contribution in [3.63, 3.8) is 0 Å². The van der Waals surface area contributed by atoms with E-state index in [2.05, 4.69) is 22.5 Å². The standard InChI is InChI=1S/C14H19Cl2N3O/c1-10-9-19(7-5-17-10)6-4-14(20)18-13-8-11(15)2-3-12(13)16/h2-3,8,10,17H,4-7,9H2,1H3,(H,18,20)/t10-/m0/s1. The fourth-order valence-electron chi connectivity index (χ4n) is 2.28. The molecule has 1 saturated heterocycles. The highest BCUT2D eigenvalue weighted by Gasteiger charge is 2.16. The summed E-state index contributed by atoms with van der Waals surface area (Å²) in [5.41, 5.74) is 0.567. The van der Waals surface area contributed by atoms with Crippen LogP contribution >= 0.6 is 23.2 Å². The Bertz CT molecular complexity index is 481. The quantitative estimate of drug-likeness (QED) is 0.897. The Balaban J connectivity index is 1.82. The molecule has 6 heteroatoms. The van der Waals surface area contributed by atoms with Crippen LogP contribution in [0.1, 0.15) is 13.3 Å². The average Bonchev–Trinajstić information content (AvgIpc) is 2.41. The number of amides is 1. The minimum atomic E-state index is -0.0413. The molecule has 1 heterocycles. The topological polar surface area (TPSA) is 44.4 Å². The molecular weight excluding hydrogens is 297 g/mol. The van der Waals surface area contributed by atoms with Gasteiger partial charge < -0.3 is 15.5 Å². The number of halogens is 2. The third-order valence-electron chi connectivity index (χ3n) is 3.31. The van der Waals surface area contributed by atoms with Crippen molar-refractivity contribution in [1.82, 2.24) is 10.2 Å². The van der Waals surface area contributed by atoms with Crippen molar-refractivity contribution in [2.75, 3.05) is 31.5 Å². The first-order valence-corrected chi connectivity index (χ1v) is 7.51. The van der Waals surface area contributed by atoms with E-state index in [0.29, 0.717) is 28.2 Å². The number of anilines is 1. The number of benzene rings is 1. The highest BCUT2D eigenvalue weighted by atomic mass is 35.5. The first-order chi connectivity index (χ1) is 9.54. The lowest BCUT2D eigenvalue weighted by Gasteiger charge is -2.31. The second-order valence-corrected chi connectivity index (χ2v) is 5.92. The third-order valence-corrected chi connectivity index (χ3v) is 3.88. The lowest BCUT2D eigenvalue weighted by Crippen LogP contribution is -2.49. The molecule has 1 atom stereocenters. The van der Waals surface area contributed by atoms with Gasteiger partial charge in [0.05, 0.1) is 10.7 Å². The summed E-state index contributed by atoms with van der Waals surface area (Å²) in [6.45, 7) is 5.84. The Morgan fingerprint density at radius 1 is 1.50 bits per heavy atom. The van der Waals surface area contributed by atoms with Crippen LogP contribution in [0.3, 0.4) is 0 Å². The Morgan fingerprint density at radius 3 is 3.05 bits per heavy atom. The summed E-state index contributed by atoms with van der Waals surface area (Å²) in [4.78, 5) is 14.2. The molecule has 0 radical (unpaired) electrons. The second-order valence-electron chi connectivity index (χ2n) is 5.08. The number of hydrogen-bond acceptors (Lipinski definition) is 3. The molecule has 0 unspecified atom stereocenters. The van der Waals surface area contributed by atoms with Crippen molar-refractivity contribution in [3.8, 4) is 0 Å². The molecule has 1 fully saturated rings. The van der Waals surface area contributed by atoms with Gasteiger partial charge in [-0.05, 0) is 25.1 Å². The maximum absolute atomic E-state index is 11.9. The van der Waals surface area contributed by atoms with Crippen LogP contribution in [0, 0.1) is 0 Å². The molecule has 0 bridgehead atoms. The van der Waals surface area contributed by atoms with Crippen molar-refractivity contribution < 1.29 is 4.79 Å². The number of piperazine rings is 1. The molecular formula is C14H19Cl2N3O. The highest BCUT2D eigenvalue weighted by Crippen LogP contribution is 2.25. The Hall–Kier alpha value is -0.810. The van der Waals surface area contributed by atoms with E-state index in [1.807, 2.05) is 0 Å². The molecule has 1 aromatic carbocycles. The van der Waals surface area contributed by atoms with Crippen molar-refractivity contribution in [2.24, 2.45) is 0 Å². The molecule has 20 heavy (non-hydrogen) atoms. The number of rotatable bonds is 4. The van der Waals surface area contributed by atoms with E-state index in [-0.39, 0.29) is 5.91 Å². The van der Waals surface area contributed by atoms with E-state index in [9.17, 15) is 4.79 Å².